The highest BCUT2D eigenvalue weighted by Gasteiger charge is 2.67. The van der Waals surface area contributed by atoms with E-state index in [4.69, 9.17) is 0 Å². The molecule has 0 aromatic heterocycles. The molecular formula is C27H25NO2. The predicted molar refractivity (Wildman–Crippen MR) is 117 cm³/mol. The van der Waals surface area contributed by atoms with Gasteiger partial charge < -0.3 is 0 Å². The average molecular weight is 396 g/mol. The molecule has 0 radical (unpaired) electrons. The second kappa shape index (κ2) is 5.94. The molecule has 0 bridgehead atoms. The van der Waals surface area contributed by atoms with Crippen LogP contribution in [0.4, 0.5) is 0 Å². The van der Waals surface area contributed by atoms with Gasteiger partial charge in [-0.05, 0) is 57.9 Å². The Balaban J connectivity index is 1.38. The predicted octanol–water partition coefficient (Wildman–Crippen LogP) is 5.20. The SMILES string of the molecule is O=C1[C@H]2[C@H]3Cc4c(c5ccccc5c5ccccc45)[C@H]3[C@H]2C(=O)N1C1CCCCC1. The highest BCUT2D eigenvalue weighted by Crippen LogP contribution is 2.64. The number of imide groups is 1. The van der Waals surface area contributed by atoms with Crippen molar-refractivity contribution < 1.29 is 9.59 Å². The Hall–Kier alpha value is -2.68. The van der Waals surface area contributed by atoms with Crippen molar-refractivity contribution in [2.75, 3.05) is 0 Å². The lowest BCUT2D eigenvalue weighted by Crippen LogP contribution is -2.44. The van der Waals surface area contributed by atoms with E-state index in [2.05, 4.69) is 48.5 Å². The molecule has 150 valence electrons. The molecule has 7 rings (SSSR count). The summed E-state index contributed by atoms with van der Waals surface area (Å²) in [6.07, 6.45) is 6.45. The lowest BCUT2D eigenvalue weighted by Gasteiger charge is -2.41. The van der Waals surface area contributed by atoms with Crippen molar-refractivity contribution in [2.45, 2.75) is 50.5 Å². The zero-order chi connectivity index (χ0) is 20.0. The summed E-state index contributed by atoms with van der Waals surface area (Å²) >= 11 is 0. The lowest BCUT2D eigenvalue weighted by molar-refractivity contribution is -0.143. The minimum atomic E-state index is -0.129. The molecule has 1 saturated heterocycles. The van der Waals surface area contributed by atoms with Crippen LogP contribution in [0.3, 0.4) is 0 Å². The first-order chi connectivity index (χ1) is 14.8. The summed E-state index contributed by atoms with van der Waals surface area (Å²) in [6, 6.07) is 17.4. The van der Waals surface area contributed by atoms with E-state index in [1.165, 1.54) is 39.1 Å². The van der Waals surface area contributed by atoms with Crippen LogP contribution in [0.5, 0.6) is 0 Å². The highest BCUT2D eigenvalue weighted by atomic mass is 16.2. The van der Waals surface area contributed by atoms with E-state index in [-0.39, 0.29) is 35.6 Å². The van der Waals surface area contributed by atoms with Crippen LogP contribution in [0.1, 0.15) is 49.1 Å². The maximum atomic E-state index is 13.5. The second-order valence-electron chi connectivity index (χ2n) is 9.77. The fourth-order valence-electron chi connectivity index (χ4n) is 7.33. The maximum absolute atomic E-state index is 13.5. The van der Waals surface area contributed by atoms with Crippen LogP contribution in [0.2, 0.25) is 0 Å². The molecule has 1 aliphatic heterocycles. The molecule has 3 aromatic carbocycles. The summed E-state index contributed by atoms with van der Waals surface area (Å²) < 4.78 is 0. The number of likely N-dealkylation sites (tertiary alicyclic amines) is 1. The molecule has 3 aromatic rings. The van der Waals surface area contributed by atoms with Gasteiger partial charge in [-0.15, -0.1) is 0 Å². The number of carbonyl (C=O) groups excluding carboxylic acids is 2. The molecule has 3 fully saturated rings. The first-order valence-electron chi connectivity index (χ1n) is 11.5. The number of carbonyl (C=O) groups is 2. The van der Waals surface area contributed by atoms with Gasteiger partial charge in [0.25, 0.3) is 0 Å². The molecule has 1 heterocycles. The Morgan fingerprint density at radius 1 is 0.667 bits per heavy atom. The fraction of sp³-hybridized carbons (Fsp3) is 0.407. The number of benzene rings is 3. The molecule has 4 atom stereocenters. The van der Waals surface area contributed by atoms with Crippen molar-refractivity contribution in [3.63, 3.8) is 0 Å². The van der Waals surface area contributed by atoms with E-state index in [9.17, 15) is 9.59 Å². The zero-order valence-electron chi connectivity index (χ0n) is 17.0. The molecule has 0 spiro atoms. The smallest absolute Gasteiger partial charge is 0.233 e. The van der Waals surface area contributed by atoms with Crippen LogP contribution in [-0.2, 0) is 16.0 Å². The van der Waals surface area contributed by atoms with Gasteiger partial charge in [0.2, 0.25) is 11.8 Å². The van der Waals surface area contributed by atoms with Gasteiger partial charge >= 0.3 is 0 Å². The third kappa shape index (κ3) is 1.96. The minimum absolute atomic E-state index is 0.0886. The summed E-state index contributed by atoms with van der Waals surface area (Å²) in [7, 11) is 0. The van der Waals surface area contributed by atoms with Crippen molar-refractivity contribution in [1.29, 1.82) is 0 Å². The van der Waals surface area contributed by atoms with Crippen molar-refractivity contribution in [2.24, 2.45) is 17.8 Å². The van der Waals surface area contributed by atoms with Crippen molar-refractivity contribution in [1.82, 2.24) is 4.90 Å². The van der Waals surface area contributed by atoms with Crippen molar-refractivity contribution in [3.05, 3.63) is 59.7 Å². The van der Waals surface area contributed by atoms with Gasteiger partial charge in [0, 0.05) is 12.0 Å². The topological polar surface area (TPSA) is 37.4 Å². The normalized spacial score (nSPS) is 30.5. The summed E-state index contributed by atoms with van der Waals surface area (Å²) in [5, 5.41) is 5.16. The van der Waals surface area contributed by atoms with Crippen LogP contribution in [0.25, 0.3) is 21.5 Å². The van der Waals surface area contributed by atoms with Gasteiger partial charge in [-0.25, -0.2) is 0 Å². The fourth-order valence-corrected chi connectivity index (χ4v) is 7.33. The summed E-state index contributed by atoms with van der Waals surface area (Å²) in [5.74, 6) is 0.557. The van der Waals surface area contributed by atoms with Gasteiger partial charge in [-0.3, -0.25) is 14.5 Å². The summed E-state index contributed by atoms with van der Waals surface area (Å²) in [6.45, 7) is 0. The standard InChI is InChI=1S/C27H25NO2/c29-26-24-21-14-20-18-12-5-4-10-16(18)17-11-6-7-13-19(17)22(20)23(21)25(24)27(30)28(26)15-8-2-1-3-9-15/h4-7,10-13,15,21,23-25H,1-3,8-9,14H2/t21-,23-,24-,25+/m0/s1. The first kappa shape index (κ1) is 17.0. The van der Waals surface area contributed by atoms with Crippen LogP contribution < -0.4 is 0 Å². The van der Waals surface area contributed by atoms with Gasteiger partial charge in [0.05, 0.1) is 11.8 Å². The molecule has 30 heavy (non-hydrogen) atoms. The Morgan fingerprint density at radius 3 is 2.00 bits per heavy atom. The van der Waals surface area contributed by atoms with Crippen LogP contribution in [0, 0.1) is 17.8 Å². The third-order valence-corrected chi connectivity index (χ3v) is 8.54. The Morgan fingerprint density at radius 2 is 1.27 bits per heavy atom. The van der Waals surface area contributed by atoms with E-state index >= 15 is 0 Å². The quantitative estimate of drug-likeness (QED) is 0.420. The van der Waals surface area contributed by atoms with Crippen LogP contribution in [0.15, 0.2) is 48.5 Å². The van der Waals surface area contributed by atoms with Gasteiger partial charge in [-0.1, -0.05) is 67.8 Å². The van der Waals surface area contributed by atoms with E-state index in [0.29, 0.717) is 5.92 Å². The molecule has 3 aliphatic carbocycles. The number of fused-ring (bicyclic) bond motifs is 11. The number of hydrogen-bond donors (Lipinski definition) is 0. The molecule has 0 N–H and O–H groups in total. The maximum Gasteiger partial charge on any atom is 0.233 e. The van der Waals surface area contributed by atoms with Crippen LogP contribution >= 0.6 is 0 Å². The molecule has 2 amide bonds. The first-order valence-corrected chi connectivity index (χ1v) is 11.5. The van der Waals surface area contributed by atoms with Crippen LogP contribution in [-0.4, -0.2) is 22.8 Å². The third-order valence-electron chi connectivity index (χ3n) is 8.54. The van der Waals surface area contributed by atoms with E-state index in [1.54, 1.807) is 4.90 Å². The highest BCUT2D eigenvalue weighted by molar-refractivity contribution is 6.13. The average Bonchev–Trinajstić information content (AvgIpc) is 3.20. The van der Waals surface area contributed by atoms with Crippen molar-refractivity contribution in [3.8, 4) is 0 Å². The molecule has 3 nitrogen and oxygen atoms in total. The van der Waals surface area contributed by atoms with Gasteiger partial charge in [0.1, 0.15) is 0 Å². The lowest BCUT2D eigenvalue weighted by atomic mass is 9.58. The monoisotopic (exact) mass is 395 g/mol. The summed E-state index contributed by atoms with van der Waals surface area (Å²) in [4.78, 5) is 28.7. The molecule has 0 unspecified atom stereocenters. The van der Waals surface area contributed by atoms with Crippen molar-refractivity contribution >= 4 is 33.4 Å². The Labute approximate surface area is 176 Å². The Bertz CT molecular complexity index is 1240. The Kier molecular flexibility index (Phi) is 3.37. The number of hydrogen-bond acceptors (Lipinski definition) is 2. The van der Waals surface area contributed by atoms with E-state index < -0.39 is 0 Å². The second-order valence-corrected chi connectivity index (χ2v) is 9.77. The molecule has 4 aliphatic rings. The number of nitrogens with zero attached hydrogens (tertiary/aromatic N) is 1. The van der Waals surface area contributed by atoms with E-state index in [0.717, 1.165) is 32.1 Å². The minimum Gasteiger partial charge on any atom is -0.279 e. The molecular weight excluding hydrogens is 370 g/mol. The van der Waals surface area contributed by atoms with Gasteiger partial charge in [-0.2, -0.15) is 0 Å². The molecule has 2 saturated carbocycles. The van der Waals surface area contributed by atoms with E-state index in [1.807, 2.05) is 0 Å². The zero-order valence-corrected chi connectivity index (χ0v) is 17.0. The molecule has 3 heteroatoms. The number of amides is 2. The largest absolute Gasteiger partial charge is 0.279 e. The summed E-state index contributed by atoms with van der Waals surface area (Å²) in [5.41, 5.74) is 2.75. The number of rotatable bonds is 1. The van der Waals surface area contributed by atoms with Gasteiger partial charge in [0.15, 0.2) is 0 Å².